The third kappa shape index (κ3) is 7.00. The lowest BCUT2D eigenvalue weighted by atomic mass is 10.0. The summed E-state index contributed by atoms with van der Waals surface area (Å²) >= 11 is 6.88. The third-order valence-corrected chi connectivity index (χ3v) is 9.07. The average Bonchev–Trinajstić information content (AvgIpc) is 3.32. The number of benzene rings is 3. The van der Waals surface area contributed by atoms with E-state index in [1.165, 1.54) is 11.8 Å². The van der Waals surface area contributed by atoms with Gasteiger partial charge < -0.3 is 14.6 Å². The molecule has 1 aromatic heterocycles. The summed E-state index contributed by atoms with van der Waals surface area (Å²) in [5.41, 5.74) is 4.83. The normalized spacial score (nSPS) is 16.6. The Morgan fingerprint density at radius 1 is 1.02 bits per heavy atom. The van der Waals surface area contributed by atoms with Crippen molar-refractivity contribution in [2.75, 3.05) is 46.0 Å². The van der Waals surface area contributed by atoms with Crippen molar-refractivity contribution in [3.8, 4) is 16.9 Å². The largest absolute Gasteiger partial charge is 0.492 e. The van der Waals surface area contributed by atoms with Crippen molar-refractivity contribution >= 4 is 57.2 Å². The van der Waals surface area contributed by atoms with Gasteiger partial charge in [-0.3, -0.25) is 19.6 Å². The smallest absolute Gasteiger partial charge is 0.335 e. The number of morpholine rings is 1. The first-order valence-electron chi connectivity index (χ1n) is 14.4. The molecule has 2 saturated heterocycles. The molecular weight excluding hydrogens is 595 g/mol. The fraction of sp³-hybridized carbons (Fsp3) is 0.235. The number of carbonyl (C=O) groups is 2. The Morgan fingerprint density at radius 3 is 2.61 bits per heavy atom. The van der Waals surface area contributed by atoms with Gasteiger partial charge in [-0.25, -0.2) is 4.79 Å². The number of nitrogens with zero attached hydrogens (tertiary/aromatic N) is 3. The van der Waals surface area contributed by atoms with E-state index in [1.807, 2.05) is 54.7 Å². The van der Waals surface area contributed by atoms with Crippen molar-refractivity contribution in [2.24, 2.45) is 0 Å². The summed E-state index contributed by atoms with van der Waals surface area (Å²) in [7, 11) is 0. The maximum atomic E-state index is 13.5. The Balaban J connectivity index is 1.23. The lowest BCUT2D eigenvalue weighted by Crippen LogP contribution is -2.38. The number of para-hydroxylation sites is 1. The average molecular weight is 626 g/mol. The molecule has 2 aliphatic rings. The van der Waals surface area contributed by atoms with E-state index >= 15 is 0 Å². The Bertz CT molecular complexity index is 1730. The fourth-order valence-electron chi connectivity index (χ4n) is 5.20. The Labute approximate surface area is 265 Å². The second kappa shape index (κ2) is 13.7. The molecule has 3 aromatic carbocycles. The lowest BCUT2D eigenvalue weighted by molar-refractivity contribution is -0.122. The van der Waals surface area contributed by atoms with E-state index in [0.29, 0.717) is 34.5 Å². The number of aromatic carboxylic acids is 1. The molecule has 44 heavy (non-hydrogen) atoms. The van der Waals surface area contributed by atoms with Gasteiger partial charge >= 0.3 is 5.97 Å². The van der Waals surface area contributed by atoms with Crippen LogP contribution in [0.4, 0.5) is 0 Å². The van der Waals surface area contributed by atoms with E-state index in [2.05, 4.69) is 16.0 Å². The third-order valence-electron chi connectivity index (χ3n) is 7.69. The molecule has 0 unspecified atom stereocenters. The highest BCUT2D eigenvalue weighted by Crippen LogP contribution is 2.36. The Kier molecular flexibility index (Phi) is 9.32. The number of amides is 1. The van der Waals surface area contributed by atoms with Crippen molar-refractivity contribution in [2.45, 2.75) is 6.42 Å². The van der Waals surface area contributed by atoms with Crippen LogP contribution >= 0.6 is 24.0 Å². The molecule has 0 atom stereocenters. The van der Waals surface area contributed by atoms with Gasteiger partial charge in [0.1, 0.15) is 16.7 Å². The minimum absolute atomic E-state index is 0.154. The molecule has 0 bridgehead atoms. The molecule has 4 aromatic rings. The molecule has 2 fully saturated rings. The molecule has 1 N–H and O–H groups in total. The minimum atomic E-state index is -0.969. The van der Waals surface area contributed by atoms with Gasteiger partial charge in [0.15, 0.2) is 0 Å². The molecule has 6 rings (SSSR count). The number of ether oxygens (including phenoxy) is 2. The molecule has 0 saturated carbocycles. The molecule has 1 amide bonds. The van der Waals surface area contributed by atoms with Crippen LogP contribution in [0.2, 0.25) is 0 Å². The highest BCUT2D eigenvalue weighted by atomic mass is 32.2. The highest BCUT2D eigenvalue weighted by molar-refractivity contribution is 8.26. The number of carboxylic acids is 1. The van der Waals surface area contributed by atoms with Crippen molar-refractivity contribution in [3.05, 3.63) is 101 Å². The van der Waals surface area contributed by atoms with Crippen LogP contribution < -0.4 is 4.74 Å². The van der Waals surface area contributed by atoms with E-state index in [1.54, 1.807) is 29.2 Å². The van der Waals surface area contributed by atoms with Gasteiger partial charge in [-0.2, -0.15) is 0 Å². The van der Waals surface area contributed by atoms with Crippen molar-refractivity contribution < 1.29 is 24.2 Å². The second-order valence-electron chi connectivity index (χ2n) is 10.6. The summed E-state index contributed by atoms with van der Waals surface area (Å²) in [5.74, 6) is -0.428. The molecule has 2 aliphatic heterocycles. The quantitative estimate of drug-likeness (QED) is 0.175. The highest BCUT2D eigenvalue weighted by Gasteiger charge is 2.32. The molecule has 224 valence electrons. The van der Waals surface area contributed by atoms with Gasteiger partial charge in [-0.1, -0.05) is 60.4 Å². The van der Waals surface area contributed by atoms with Gasteiger partial charge in [0.05, 0.1) is 29.2 Å². The van der Waals surface area contributed by atoms with Crippen LogP contribution in [0.3, 0.4) is 0 Å². The number of rotatable bonds is 10. The summed E-state index contributed by atoms with van der Waals surface area (Å²) in [6.45, 7) is 4.94. The first-order valence-corrected chi connectivity index (χ1v) is 15.7. The first kappa shape index (κ1) is 30.0. The molecule has 3 heterocycles. The summed E-state index contributed by atoms with van der Waals surface area (Å²) in [5, 5.41) is 10.2. The van der Waals surface area contributed by atoms with E-state index in [0.717, 1.165) is 66.0 Å². The van der Waals surface area contributed by atoms with E-state index in [9.17, 15) is 9.59 Å². The number of thiocarbonyl (C=S) groups is 1. The number of carboxylic acid groups (broad SMARTS) is 1. The maximum Gasteiger partial charge on any atom is 0.335 e. The lowest BCUT2D eigenvalue weighted by Gasteiger charge is -2.26. The zero-order valence-corrected chi connectivity index (χ0v) is 25.6. The number of hydrogen-bond acceptors (Lipinski definition) is 8. The summed E-state index contributed by atoms with van der Waals surface area (Å²) < 4.78 is 12.2. The predicted octanol–water partition coefficient (Wildman–Crippen LogP) is 5.75. The summed E-state index contributed by atoms with van der Waals surface area (Å²) in [6, 6.07) is 22.8. The molecule has 0 radical (unpaired) electrons. The predicted molar refractivity (Wildman–Crippen MR) is 177 cm³/mol. The van der Waals surface area contributed by atoms with Crippen LogP contribution in [-0.4, -0.2) is 82.1 Å². The number of pyridine rings is 1. The van der Waals surface area contributed by atoms with E-state index in [-0.39, 0.29) is 11.5 Å². The van der Waals surface area contributed by atoms with Gasteiger partial charge in [0.25, 0.3) is 5.91 Å². The molecule has 10 heteroatoms. The molecular formula is C34H31N3O5S2. The SMILES string of the molecule is O=C(O)c1ccc(CCN2C(=O)C(=Cc3cc(-c4cnc5ccccc5c4)ccc3OCCN3CCOCC3)SC2=S)cc1. The zero-order valence-electron chi connectivity index (χ0n) is 24.0. The van der Waals surface area contributed by atoms with Crippen LogP contribution in [0.5, 0.6) is 5.75 Å². The zero-order chi connectivity index (χ0) is 30.5. The minimum Gasteiger partial charge on any atom is -0.492 e. The Hall–Kier alpha value is -4.09. The number of fused-ring (bicyclic) bond motifs is 1. The van der Waals surface area contributed by atoms with Crippen molar-refractivity contribution in [1.29, 1.82) is 0 Å². The Morgan fingerprint density at radius 2 is 1.82 bits per heavy atom. The number of hydrogen-bond donors (Lipinski definition) is 1. The summed E-state index contributed by atoms with van der Waals surface area (Å²) in [6.07, 6.45) is 4.28. The van der Waals surface area contributed by atoms with E-state index < -0.39 is 5.97 Å². The second-order valence-corrected chi connectivity index (χ2v) is 12.2. The molecule has 0 spiro atoms. The number of aromatic nitrogens is 1. The fourth-order valence-corrected chi connectivity index (χ4v) is 6.50. The van der Waals surface area contributed by atoms with Gasteiger partial charge in [-0.15, -0.1) is 0 Å². The number of carbonyl (C=O) groups excluding carboxylic acids is 1. The standard InChI is InChI=1S/C34H31N3O5S2/c38-32-31(44-34(43)37(32)12-11-23-5-7-24(8-6-23)33(39)40)21-27-19-25(28-20-26-3-1-2-4-29(26)35-22-28)9-10-30(27)42-18-15-36-13-16-41-17-14-36/h1-10,19-22H,11-18H2,(H,39,40). The van der Waals surface area contributed by atoms with Crippen molar-refractivity contribution in [3.63, 3.8) is 0 Å². The van der Waals surface area contributed by atoms with Crippen LogP contribution in [0.15, 0.2) is 83.9 Å². The summed E-state index contributed by atoms with van der Waals surface area (Å²) in [4.78, 5) is 33.8. The van der Waals surface area contributed by atoms with Gasteiger partial charge in [0, 0.05) is 48.9 Å². The maximum absolute atomic E-state index is 13.5. The van der Waals surface area contributed by atoms with E-state index in [4.69, 9.17) is 26.8 Å². The van der Waals surface area contributed by atoms with Crippen LogP contribution in [0.1, 0.15) is 21.5 Å². The van der Waals surface area contributed by atoms with Crippen molar-refractivity contribution in [1.82, 2.24) is 14.8 Å². The topological polar surface area (TPSA) is 92.2 Å². The van der Waals surface area contributed by atoms with Crippen LogP contribution in [0.25, 0.3) is 28.1 Å². The van der Waals surface area contributed by atoms with Gasteiger partial charge in [0.2, 0.25) is 0 Å². The monoisotopic (exact) mass is 625 g/mol. The van der Waals surface area contributed by atoms with Crippen LogP contribution in [-0.2, 0) is 16.0 Å². The first-order chi connectivity index (χ1) is 21.4. The molecule has 0 aliphatic carbocycles. The van der Waals surface area contributed by atoms with Crippen LogP contribution in [0, 0.1) is 0 Å². The van der Waals surface area contributed by atoms with Gasteiger partial charge in [-0.05, 0) is 60.0 Å². The number of thioether (sulfide) groups is 1. The molecule has 8 nitrogen and oxygen atoms in total.